The van der Waals surface area contributed by atoms with Crippen molar-refractivity contribution in [3.05, 3.63) is 108 Å². The summed E-state index contributed by atoms with van der Waals surface area (Å²) in [7, 11) is 1.37. The van der Waals surface area contributed by atoms with Crippen LogP contribution < -0.4 is 10.6 Å². The molecule has 0 radical (unpaired) electrons. The molecule has 1 fully saturated rings. The van der Waals surface area contributed by atoms with Crippen LogP contribution in [0.2, 0.25) is 0 Å². The lowest BCUT2D eigenvalue weighted by Gasteiger charge is -2.45. The Labute approximate surface area is 193 Å². The maximum absolute atomic E-state index is 12.7. The van der Waals surface area contributed by atoms with E-state index in [0.29, 0.717) is 13.0 Å². The first-order chi connectivity index (χ1) is 16.1. The lowest BCUT2D eigenvalue weighted by Crippen LogP contribution is -2.72. The highest BCUT2D eigenvalue weighted by Crippen LogP contribution is 2.38. The van der Waals surface area contributed by atoms with Crippen molar-refractivity contribution >= 4 is 11.9 Å². The van der Waals surface area contributed by atoms with Gasteiger partial charge in [-0.2, -0.15) is 0 Å². The predicted octanol–water partition coefficient (Wildman–Crippen LogP) is 3.36. The van der Waals surface area contributed by atoms with Crippen LogP contribution in [0.4, 0.5) is 0 Å². The highest BCUT2D eigenvalue weighted by atomic mass is 16.5. The number of hydrogen-bond donors (Lipinski definition) is 2. The fraction of sp³-hybridized carbons (Fsp3) is 0.259. The van der Waals surface area contributed by atoms with Crippen molar-refractivity contribution in [2.45, 2.75) is 30.7 Å². The first-order valence-electron chi connectivity index (χ1n) is 11.1. The van der Waals surface area contributed by atoms with Crippen LogP contribution in [0.25, 0.3) is 0 Å². The minimum absolute atomic E-state index is 0.125. The fourth-order valence-corrected chi connectivity index (χ4v) is 4.21. The van der Waals surface area contributed by atoms with E-state index in [1.807, 2.05) is 54.6 Å². The molecule has 0 aromatic heterocycles. The molecule has 4 rings (SSSR count). The van der Waals surface area contributed by atoms with E-state index in [-0.39, 0.29) is 18.3 Å². The number of carbonyl (C=O) groups is 2. The quantitative estimate of drug-likeness (QED) is 0.217. The number of hydrogen-bond acceptors (Lipinski definition) is 5. The third-order valence-corrected chi connectivity index (χ3v) is 5.91. The molecule has 0 aliphatic carbocycles. The van der Waals surface area contributed by atoms with Gasteiger partial charge in [-0.1, -0.05) is 91.0 Å². The molecule has 1 saturated heterocycles. The van der Waals surface area contributed by atoms with Crippen LogP contribution >= 0.6 is 0 Å². The van der Waals surface area contributed by atoms with Gasteiger partial charge >= 0.3 is 5.97 Å². The minimum atomic E-state index is -0.764. The Morgan fingerprint density at radius 2 is 1.36 bits per heavy atom. The second-order valence-electron chi connectivity index (χ2n) is 7.95. The minimum Gasteiger partial charge on any atom is -0.469 e. The summed E-state index contributed by atoms with van der Waals surface area (Å²) in [6, 6.07) is 29.8. The summed E-state index contributed by atoms with van der Waals surface area (Å²) < 4.78 is 10.6. The molecular weight excluding hydrogens is 416 g/mol. The molecule has 6 heteroatoms. The van der Waals surface area contributed by atoms with Gasteiger partial charge in [0.25, 0.3) is 0 Å². The van der Waals surface area contributed by atoms with E-state index in [2.05, 4.69) is 51.8 Å². The van der Waals surface area contributed by atoms with Crippen molar-refractivity contribution in [3.8, 4) is 0 Å². The van der Waals surface area contributed by atoms with E-state index in [9.17, 15) is 9.59 Å². The lowest BCUT2D eigenvalue weighted by molar-refractivity contribution is -0.149. The summed E-state index contributed by atoms with van der Waals surface area (Å²) in [4.78, 5) is 24.0. The predicted molar refractivity (Wildman–Crippen MR) is 125 cm³/mol. The number of esters is 1. The number of amides is 1. The number of benzene rings is 3. The second kappa shape index (κ2) is 10.4. The van der Waals surface area contributed by atoms with Gasteiger partial charge in [-0.3, -0.25) is 14.9 Å². The maximum atomic E-state index is 12.7. The normalized spacial score (nSPS) is 17.7. The van der Waals surface area contributed by atoms with Crippen LogP contribution in [0.5, 0.6) is 0 Å². The molecule has 1 aliphatic heterocycles. The highest BCUT2D eigenvalue weighted by molar-refractivity contribution is 5.89. The van der Waals surface area contributed by atoms with Gasteiger partial charge in [0, 0.05) is 13.0 Å². The topological polar surface area (TPSA) is 76.7 Å². The summed E-state index contributed by atoms with van der Waals surface area (Å²) in [5, 5.41) is 6.48. The van der Waals surface area contributed by atoms with Gasteiger partial charge in [-0.15, -0.1) is 0 Å². The van der Waals surface area contributed by atoms with Gasteiger partial charge in [0.1, 0.15) is 6.04 Å². The molecule has 1 heterocycles. The van der Waals surface area contributed by atoms with Crippen molar-refractivity contribution in [3.63, 3.8) is 0 Å². The van der Waals surface area contributed by atoms with Crippen LogP contribution in [0.3, 0.4) is 0 Å². The van der Waals surface area contributed by atoms with Crippen molar-refractivity contribution in [2.75, 3.05) is 13.7 Å². The number of rotatable bonds is 10. The van der Waals surface area contributed by atoms with E-state index in [4.69, 9.17) is 4.74 Å². The average Bonchev–Trinajstić information content (AvgIpc) is 2.88. The first-order valence-corrected chi connectivity index (χ1v) is 11.1. The van der Waals surface area contributed by atoms with Gasteiger partial charge in [0.2, 0.25) is 5.91 Å². The van der Waals surface area contributed by atoms with Crippen molar-refractivity contribution in [1.82, 2.24) is 10.6 Å². The zero-order chi connectivity index (χ0) is 23.1. The molecule has 0 bridgehead atoms. The van der Waals surface area contributed by atoms with Crippen LogP contribution in [-0.4, -0.2) is 37.9 Å². The molecule has 2 N–H and O–H groups in total. The highest BCUT2D eigenvalue weighted by Gasteiger charge is 2.47. The summed E-state index contributed by atoms with van der Waals surface area (Å²) in [6.07, 6.45) is 0.301. The zero-order valence-corrected chi connectivity index (χ0v) is 18.6. The number of ether oxygens (including phenoxy) is 2. The van der Waals surface area contributed by atoms with Crippen molar-refractivity contribution in [2.24, 2.45) is 0 Å². The molecule has 33 heavy (non-hydrogen) atoms. The summed E-state index contributed by atoms with van der Waals surface area (Å²) >= 11 is 0. The monoisotopic (exact) mass is 444 g/mol. The van der Waals surface area contributed by atoms with Crippen LogP contribution in [-0.2, 0) is 24.6 Å². The third kappa shape index (κ3) is 4.82. The Morgan fingerprint density at radius 1 is 0.879 bits per heavy atom. The van der Waals surface area contributed by atoms with Crippen LogP contribution in [0.15, 0.2) is 91.0 Å². The largest absolute Gasteiger partial charge is 0.469 e. The zero-order valence-electron chi connectivity index (χ0n) is 18.6. The molecule has 2 unspecified atom stereocenters. The van der Waals surface area contributed by atoms with Crippen LogP contribution in [0.1, 0.15) is 29.5 Å². The summed E-state index contributed by atoms with van der Waals surface area (Å²) in [6.45, 7) is 0.341. The smallest absolute Gasteiger partial charge is 0.305 e. The maximum Gasteiger partial charge on any atom is 0.305 e. The fourth-order valence-electron chi connectivity index (χ4n) is 4.21. The number of carbonyl (C=O) groups excluding carboxylic acids is 2. The molecule has 1 aliphatic rings. The van der Waals surface area contributed by atoms with E-state index in [1.165, 1.54) is 7.11 Å². The Morgan fingerprint density at radius 3 is 1.79 bits per heavy atom. The van der Waals surface area contributed by atoms with E-state index in [0.717, 1.165) is 16.7 Å². The van der Waals surface area contributed by atoms with Crippen LogP contribution in [0, 0.1) is 0 Å². The lowest BCUT2D eigenvalue weighted by atomic mass is 9.76. The Hall–Kier alpha value is -3.48. The Balaban J connectivity index is 1.67. The van der Waals surface area contributed by atoms with E-state index >= 15 is 0 Å². The van der Waals surface area contributed by atoms with Gasteiger partial charge in [0.15, 0.2) is 6.23 Å². The van der Waals surface area contributed by atoms with E-state index < -0.39 is 17.8 Å². The molecule has 3 aromatic carbocycles. The number of β-lactam (4-membered cyclic amide) rings is 1. The Bertz CT molecular complexity index is 961. The van der Waals surface area contributed by atoms with Crippen molar-refractivity contribution in [1.29, 1.82) is 0 Å². The molecule has 2 atom stereocenters. The molecule has 170 valence electrons. The Kier molecular flexibility index (Phi) is 7.17. The van der Waals surface area contributed by atoms with Gasteiger partial charge in [-0.25, -0.2) is 0 Å². The van der Waals surface area contributed by atoms with Gasteiger partial charge in [0.05, 0.1) is 12.6 Å². The number of methoxy groups -OCH3 is 1. The molecule has 0 saturated carbocycles. The summed E-state index contributed by atoms with van der Waals surface area (Å²) in [5.41, 5.74) is 2.30. The molecule has 1 amide bonds. The van der Waals surface area contributed by atoms with Gasteiger partial charge < -0.3 is 14.8 Å². The summed E-state index contributed by atoms with van der Waals surface area (Å²) in [5.74, 6) is -0.401. The average molecular weight is 445 g/mol. The molecule has 3 aromatic rings. The van der Waals surface area contributed by atoms with Gasteiger partial charge in [-0.05, 0) is 23.1 Å². The second-order valence-corrected chi connectivity index (χ2v) is 7.95. The molecular formula is C27H28N2O4. The third-order valence-electron chi connectivity index (χ3n) is 5.91. The molecule has 0 spiro atoms. The molecule has 6 nitrogen and oxygen atoms in total. The standard InChI is InChI=1S/C27H28N2O4/c1-32-23(30)18-11-19-33-26-24(25(31)28-26)29-27(20-12-5-2-6-13-20,21-14-7-3-8-15-21)22-16-9-4-10-17-22/h2-10,12-17,24,26,29H,11,18-19H2,1H3,(H,28,31). The SMILES string of the molecule is COC(=O)CCCOC1NC(=O)C1NC(c1ccccc1)(c1ccccc1)c1ccccc1. The number of nitrogens with one attached hydrogen (secondary N) is 2. The first kappa shape index (κ1) is 22.7. The van der Waals surface area contributed by atoms with E-state index in [1.54, 1.807) is 0 Å². The van der Waals surface area contributed by atoms with Crippen molar-refractivity contribution < 1.29 is 19.1 Å².